The van der Waals surface area contributed by atoms with Crippen LogP contribution >= 0.6 is 0 Å². The third-order valence-corrected chi connectivity index (χ3v) is 4.35. The van der Waals surface area contributed by atoms with E-state index in [0.29, 0.717) is 11.4 Å². The molecule has 0 atom stereocenters. The number of hydrogen-bond donors (Lipinski definition) is 2. The van der Waals surface area contributed by atoms with Gasteiger partial charge in [0.2, 0.25) is 0 Å². The van der Waals surface area contributed by atoms with Gasteiger partial charge in [0, 0.05) is 17.1 Å². The highest BCUT2D eigenvalue weighted by Gasteiger charge is 2.21. The molecule has 3 rings (SSSR count). The largest absolute Gasteiger partial charge is 0.322 e. The number of allylic oxidation sites excluding steroid dienone is 2. The quantitative estimate of drug-likeness (QED) is 0.663. The fourth-order valence-electron chi connectivity index (χ4n) is 3.12. The van der Waals surface area contributed by atoms with Crippen molar-refractivity contribution < 1.29 is 4.79 Å². The molecule has 0 saturated carbocycles. The lowest BCUT2D eigenvalue weighted by Gasteiger charge is -2.25. The van der Waals surface area contributed by atoms with Crippen LogP contribution in [0.3, 0.4) is 0 Å². The van der Waals surface area contributed by atoms with Crippen molar-refractivity contribution in [3.8, 4) is 0 Å². The molecule has 1 aromatic carbocycles. The minimum Gasteiger partial charge on any atom is -0.322 e. The Morgan fingerprint density at radius 1 is 1.33 bits per heavy atom. The number of aryl methyl sites for hydroxylation is 2. The molecule has 1 aliphatic heterocycles. The predicted octanol–water partition coefficient (Wildman–Crippen LogP) is 3.07. The standard InChI is InChI=1S/C19H22N4O/c1-4-17(18-21-12(2)10-13(3)23(18)20)19(24)22-16-9-8-14-6-5-7-15(14)11-16/h4,8-11H,1,5-7,20H2,2-3H3,(H,22,24)/b18-17+. The first-order valence-electron chi connectivity index (χ1n) is 8.08. The van der Waals surface area contributed by atoms with E-state index >= 15 is 0 Å². The molecule has 0 fully saturated rings. The number of carbonyl (C=O) groups excluding carboxylic acids is 1. The maximum Gasteiger partial charge on any atom is 0.259 e. The average Bonchev–Trinajstić information content (AvgIpc) is 3.00. The number of anilines is 1. The van der Waals surface area contributed by atoms with Crippen molar-refractivity contribution in [1.82, 2.24) is 5.01 Å². The van der Waals surface area contributed by atoms with Gasteiger partial charge in [0.25, 0.3) is 5.91 Å². The number of rotatable bonds is 3. The second-order valence-electron chi connectivity index (χ2n) is 6.14. The Morgan fingerprint density at radius 2 is 2.08 bits per heavy atom. The number of benzene rings is 1. The summed E-state index contributed by atoms with van der Waals surface area (Å²) < 4.78 is 0. The number of hydrogen-bond acceptors (Lipinski definition) is 4. The smallest absolute Gasteiger partial charge is 0.259 e. The lowest BCUT2D eigenvalue weighted by Crippen LogP contribution is -2.33. The van der Waals surface area contributed by atoms with Crippen LogP contribution in [-0.2, 0) is 17.6 Å². The molecule has 24 heavy (non-hydrogen) atoms. The highest BCUT2D eigenvalue weighted by molar-refractivity contribution is 6.07. The summed E-state index contributed by atoms with van der Waals surface area (Å²) in [6.07, 6.45) is 6.72. The van der Waals surface area contributed by atoms with Crippen LogP contribution in [0.15, 0.2) is 59.0 Å². The summed E-state index contributed by atoms with van der Waals surface area (Å²) in [5.74, 6) is 6.18. The molecule has 1 heterocycles. The number of nitrogens with two attached hydrogens (primary N) is 1. The van der Waals surface area contributed by atoms with E-state index in [2.05, 4.69) is 23.0 Å². The molecule has 5 heteroatoms. The fraction of sp³-hybridized carbons (Fsp3) is 0.263. The number of nitrogens with zero attached hydrogens (tertiary/aromatic N) is 2. The van der Waals surface area contributed by atoms with Gasteiger partial charge in [-0.05, 0) is 62.4 Å². The second kappa shape index (κ2) is 6.45. The zero-order valence-corrected chi connectivity index (χ0v) is 14.1. The van der Waals surface area contributed by atoms with Gasteiger partial charge < -0.3 is 5.32 Å². The maximum atomic E-state index is 12.7. The van der Waals surface area contributed by atoms with Gasteiger partial charge in [-0.1, -0.05) is 18.7 Å². The van der Waals surface area contributed by atoms with Crippen LogP contribution in [0.1, 0.15) is 31.4 Å². The molecule has 3 N–H and O–H groups in total. The van der Waals surface area contributed by atoms with E-state index in [0.717, 1.165) is 29.9 Å². The molecule has 0 radical (unpaired) electrons. The molecular weight excluding hydrogens is 300 g/mol. The van der Waals surface area contributed by atoms with Gasteiger partial charge in [-0.2, -0.15) is 0 Å². The van der Waals surface area contributed by atoms with Crippen LogP contribution in [-0.4, -0.2) is 16.6 Å². The van der Waals surface area contributed by atoms with Crippen molar-refractivity contribution in [1.29, 1.82) is 0 Å². The molecular formula is C19H22N4O. The van der Waals surface area contributed by atoms with Crippen LogP contribution in [0.25, 0.3) is 0 Å². The second-order valence-corrected chi connectivity index (χ2v) is 6.14. The Morgan fingerprint density at radius 3 is 2.83 bits per heavy atom. The first-order valence-corrected chi connectivity index (χ1v) is 8.08. The van der Waals surface area contributed by atoms with Crippen molar-refractivity contribution in [2.24, 2.45) is 10.8 Å². The number of carbonyl (C=O) groups is 1. The van der Waals surface area contributed by atoms with Gasteiger partial charge in [0.1, 0.15) is 0 Å². The number of hydrazine groups is 1. The fourth-order valence-corrected chi connectivity index (χ4v) is 3.12. The minimum absolute atomic E-state index is 0.264. The van der Waals surface area contributed by atoms with E-state index < -0.39 is 0 Å². The molecule has 1 amide bonds. The first-order chi connectivity index (χ1) is 11.5. The monoisotopic (exact) mass is 322 g/mol. The molecule has 1 aliphatic carbocycles. The Kier molecular flexibility index (Phi) is 4.36. The van der Waals surface area contributed by atoms with Gasteiger partial charge >= 0.3 is 0 Å². The summed E-state index contributed by atoms with van der Waals surface area (Å²) in [4.78, 5) is 17.1. The van der Waals surface area contributed by atoms with Crippen molar-refractivity contribution in [3.63, 3.8) is 0 Å². The lowest BCUT2D eigenvalue weighted by atomic mass is 10.1. The third kappa shape index (κ3) is 3.03. The van der Waals surface area contributed by atoms with Gasteiger partial charge in [-0.15, -0.1) is 0 Å². The highest BCUT2D eigenvalue weighted by Crippen LogP contribution is 2.26. The molecule has 2 aliphatic rings. The van der Waals surface area contributed by atoms with Gasteiger partial charge in [-0.25, -0.2) is 10.8 Å². The molecule has 5 nitrogen and oxygen atoms in total. The normalized spacial score (nSPS) is 18.5. The molecule has 0 saturated heterocycles. The first kappa shape index (κ1) is 16.2. The highest BCUT2D eigenvalue weighted by atomic mass is 16.1. The van der Waals surface area contributed by atoms with Crippen LogP contribution in [0, 0.1) is 0 Å². The van der Waals surface area contributed by atoms with Crippen LogP contribution in [0.2, 0.25) is 0 Å². The summed E-state index contributed by atoms with van der Waals surface area (Å²) in [5, 5.41) is 4.34. The molecule has 0 unspecified atom stereocenters. The van der Waals surface area contributed by atoms with Gasteiger partial charge in [0.15, 0.2) is 5.82 Å². The van der Waals surface area contributed by atoms with E-state index in [4.69, 9.17) is 5.84 Å². The zero-order chi connectivity index (χ0) is 17.3. The number of fused-ring (bicyclic) bond motifs is 1. The van der Waals surface area contributed by atoms with Gasteiger partial charge in [-0.3, -0.25) is 9.80 Å². The van der Waals surface area contributed by atoms with E-state index in [9.17, 15) is 4.79 Å². The third-order valence-electron chi connectivity index (χ3n) is 4.35. The summed E-state index contributed by atoms with van der Waals surface area (Å²) in [6, 6.07) is 6.07. The van der Waals surface area contributed by atoms with Crippen molar-refractivity contribution in [3.05, 3.63) is 65.1 Å². The molecule has 1 aromatic rings. The number of nitrogens with one attached hydrogen (secondary N) is 1. The van der Waals surface area contributed by atoms with E-state index in [1.807, 2.05) is 32.1 Å². The SMILES string of the molecule is C=C/C(C(=O)Nc1ccc2c(c1)CCC2)=C1/N=C(C)C=C(C)N1N. The van der Waals surface area contributed by atoms with E-state index in [1.165, 1.54) is 28.6 Å². The average molecular weight is 322 g/mol. The van der Waals surface area contributed by atoms with Crippen molar-refractivity contribution >= 4 is 17.3 Å². The molecule has 0 bridgehead atoms. The topological polar surface area (TPSA) is 70.7 Å². The van der Waals surface area contributed by atoms with Crippen LogP contribution in [0.4, 0.5) is 5.69 Å². The van der Waals surface area contributed by atoms with Crippen molar-refractivity contribution in [2.75, 3.05) is 5.32 Å². The summed E-state index contributed by atoms with van der Waals surface area (Å²) in [6.45, 7) is 7.49. The van der Waals surface area contributed by atoms with Crippen LogP contribution in [0.5, 0.6) is 0 Å². The lowest BCUT2D eigenvalue weighted by molar-refractivity contribution is -0.112. The van der Waals surface area contributed by atoms with E-state index in [-0.39, 0.29) is 5.91 Å². The maximum absolute atomic E-state index is 12.7. The minimum atomic E-state index is -0.264. The molecule has 0 spiro atoms. The van der Waals surface area contributed by atoms with E-state index in [1.54, 1.807) is 0 Å². The number of aliphatic imine (C=N–C) groups is 1. The Labute approximate surface area is 142 Å². The van der Waals surface area contributed by atoms with Crippen molar-refractivity contribution in [2.45, 2.75) is 33.1 Å². The Bertz CT molecular complexity index is 802. The zero-order valence-electron chi connectivity index (χ0n) is 14.1. The Hall–Kier alpha value is -2.66. The van der Waals surface area contributed by atoms with Gasteiger partial charge in [0.05, 0.1) is 5.57 Å². The summed E-state index contributed by atoms with van der Waals surface area (Å²) in [5.41, 5.74) is 5.44. The van der Waals surface area contributed by atoms with Crippen LogP contribution < -0.4 is 11.2 Å². The molecule has 124 valence electrons. The predicted molar refractivity (Wildman–Crippen MR) is 97.2 cm³/mol. The summed E-state index contributed by atoms with van der Waals surface area (Å²) in [7, 11) is 0. The molecule has 0 aromatic heterocycles. The Balaban J connectivity index is 1.89. The summed E-state index contributed by atoms with van der Waals surface area (Å²) >= 11 is 0. The number of amides is 1.